The number of aliphatic hydroxyl groups excluding tert-OH is 1. The Kier molecular flexibility index (Phi) is 4.71. The monoisotopic (exact) mass is 272 g/mol. The molecule has 108 valence electrons. The van der Waals surface area contributed by atoms with Crippen molar-refractivity contribution in [1.29, 1.82) is 0 Å². The quantitative estimate of drug-likeness (QED) is 0.907. The van der Waals surface area contributed by atoms with Gasteiger partial charge >= 0.3 is 0 Å². The van der Waals surface area contributed by atoms with Gasteiger partial charge in [-0.15, -0.1) is 0 Å². The highest BCUT2D eigenvalue weighted by Gasteiger charge is 2.22. The maximum absolute atomic E-state index is 9.48. The topological polar surface area (TPSA) is 46.0 Å². The van der Waals surface area contributed by atoms with Crippen LogP contribution in [0.5, 0.6) is 0 Å². The molecule has 20 heavy (non-hydrogen) atoms. The summed E-state index contributed by atoms with van der Waals surface area (Å²) in [6.45, 7) is 8.52. The van der Waals surface area contributed by atoms with E-state index in [1.807, 2.05) is 0 Å². The Labute approximate surface area is 121 Å². The molecule has 1 aromatic rings. The van der Waals surface area contributed by atoms with E-state index in [1.54, 1.807) is 19.3 Å². The summed E-state index contributed by atoms with van der Waals surface area (Å²) >= 11 is 0. The SMILES string of the molecule is CCC(C)C1C=CC(c2ncc(C(C)O)cn2)=CC1C. The van der Waals surface area contributed by atoms with E-state index in [2.05, 4.69) is 49.0 Å². The van der Waals surface area contributed by atoms with Gasteiger partial charge in [0.2, 0.25) is 0 Å². The van der Waals surface area contributed by atoms with Crippen molar-refractivity contribution in [3.63, 3.8) is 0 Å². The summed E-state index contributed by atoms with van der Waals surface area (Å²) in [5.74, 6) is 2.53. The Balaban J connectivity index is 2.17. The average molecular weight is 272 g/mol. The fourth-order valence-corrected chi connectivity index (χ4v) is 2.67. The third kappa shape index (κ3) is 3.15. The van der Waals surface area contributed by atoms with E-state index in [9.17, 15) is 5.11 Å². The molecule has 0 spiro atoms. The van der Waals surface area contributed by atoms with Gasteiger partial charge in [0.15, 0.2) is 5.82 Å². The summed E-state index contributed by atoms with van der Waals surface area (Å²) in [5.41, 5.74) is 1.83. The van der Waals surface area contributed by atoms with E-state index in [-0.39, 0.29) is 0 Å². The van der Waals surface area contributed by atoms with Crippen molar-refractivity contribution in [3.8, 4) is 0 Å². The van der Waals surface area contributed by atoms with Crippen LogP contribution in [0.3, 0.4) is 0 Å². The number of allylic oxidation sites excluding steroid dienone is 4. The van der Waals surface area contributed by atoms with Crippen LogP contribution in [-0.2, 0) is 0 Å². The van der Waals surface area contributed by atoms with Gasteiger partial charge in [0.05, 0.1) is 6.10 Å². The van der Waals surface area contributed by atoms with Gasteiger partial charge in [-0.1, -0.05) is 45.4 Å². The van der Waals surface area contributed by atoms with Gasteiger partial charge in [-0.2, -0.15) is 0 Å². The molecule has 0 bridgehead atoms. The van der Waals surface area contributed by atoms with E-state index in [1.165, 1.54) is 6.42 Å². The van der Waals surface area contributed by atoms with Crippen LogP contribution in [0.15, 0.2) is 30.6 Å². The fraction of sp³-hybridized carbons (Fsp3) is 0.529. The van der Waals surface area contributed by atoms with Crippen LogP contribution in [-0.4, -0.2) is 15.1 Å². The van der Waals surface area contributed by atoms with Crippen molar-refractivity contribution < 1.29 is 5.11 Å². The van der Waals surface area contributed by atoms with E-state index < -0.39 is 6.10 Å². The highest BCUT2D eigenvalue weighted by atomic mass is 16.3. The summed E-state index contributed by atoms with van der Waals surface area (Å²) in [6, 6.07) is 0. The Morgan fingerprint density at radius 2 is 1.90 bits per heavy atom. The fourth-order valence-electron chi connectivity index (χ4n) is 2.67. The second-order valence-electron chi connectivity index (χ2n) is 5.82. The number of aromatic nitrogens is 2. The molecule has 1 aliphatic carbocycles. The van der Waals surface area contributed by atoms with E-state index in [0.717, 1.165) is 17.0 Å². The minimum absolute atomic E-state index is 0.505. The number of hydrogen-bond donors (Lipinski definition) is 1. The third-order valence-electron chi connectivity index (χ3n) is 4.26. The van der Waals surface area contributed by atoms with Crippen molar-refractivity contribution in [2.75, 3.05) is 0 Å². The molecule has 0 fully saturated rings. The minimum atomic E-state index is -0.520. The maximum atomic E-state index is 9.48. The molecule has 0 saturated carbocycles. The zero-order chi connectivity index (χ0) is 14.7. The van der Waals surface area contributed by atoms with Crippen LogP contribution in [0.25, 0.3) is 5.57 Å². The molecule has 1 aliphatic rings. The molecule has 0 saturated heterocycles. The zero-order valence-corrected chi connectivity index (χ0v) is 12.7. The van der Waals surface area contributed by atoms with Gasteiger partial charge in [-0.05, 0) is 24.7 Å². The molecule has 1 N–H and O–H groups in total. The number of rotatable bonds is 4. The normalized spacial score (nSPS) is 25.1. The molecule has 0 radical (unpaired) electrons. The smallest absolute Gasteiger partial charge is 0.158 e. The summed E-state index contributed by atoms with van der Waals surface area (Å²) < 4.78 is 0. The molecule has 1 heterocycles. The van der Waals surface area contributed by atoms with Gasteiger partial charge in [0, 0.05) is 23.5 Å². The van der Waals surface area contributed by atoms with E-state index in [4.69, 9.17) is 0 Å². The number of hydrogen-bond acceptors (Lipinski definition) is 3. The van der Waals surface area contributed by atoms with Crippen LogP contribution >= 0.6 is 0 Å². The Morgan fingerprint density at radius 3 is 2.40 bits per heavy atom. The Morgan fingerprint density at radius 1 is 1.25 bits per heavy atom. The first-order chi connectivity index (χ1) is 9.52. The summed E-state index contributed by atoms with van der Waals surface area (Å²) in [4.78, 5) is 8.71. The Hall–Kier alpha value is -1.48. The number of nitrogens with zero attached hydrogens (tertiary/aromatic N) is 2. The van der Waals surface area contributed by atoms with Crippen molar-refractivity contribution in [1.82, 2.24) is 9.97 Å². The molecular weight excluding hydrogens is 248 g/mol. The average Bonchev–Trinajstić information content (AvgIpc) is 2.46. The predicted octanol–water partition coefficient (Wildman–Crippen LogP) is 3.78. The molecular formula is C17H24N2O. The van der Waals surface area contributed by atoms with Gasteiger partial charge in [0.1, 0.15) is 0 Å². The first-order valence-electron chi connectivity index (χ1n) is 7.43. The standard InChI is InChI=1S/C17H24N2O/c1-5-11(2)16-7-6-14(8-12(16)3)17-18-9-15(10-19-17)13(4)20/h6-13,16,20H,5H2,1-4H3. The second-order valence-corrected chi connectivity index (χ2v) is 5.82. The molecule has 3 nitrogen and oxygen atoms in total. The van der Waals surface area contributed by atoms with Crippen LogP contribution in [0.1, 0.15) is 51.6 Å². The predicted molar refractivity (Wildman–Crippen MR) is 81.9 cm³/mol. The molecule has 1 aromatic heterocycles. The molecule has 2 rings (SSSR count). The van der Waals surface area contributed by atoms with Gasteiger partial charge in [-0.3, -0.25) is 0 Å². The van der Waals surface area contributed by atoms with Crippen molar-refractivity contribution in [2.24, 2.45) is 17.8 Å². The lowest BCUT2D eigenvalue weighted by Crippen LogP contribution is -2.18. The Bertz CT molecular complexity index is 502. The highest BCUT2D eigenvalue weighted by Crippen LogP contribution is 2.32. The van der Waals surface area contributed by atoms with Crippen LogP contribution in [0, 0.1) is 17.8 Å². The lowest BCUT2D eigenvalue weighted by Gasteiger charge is -2.27. The highest BCUT2D eigenvalue weighted by molar-refractivity contribution is 5.70. The van der Waals surface area contributed by atoms with E-state index >= 15 is 0 Å². The first kappa shape index (κ1) is 14.9. The molecule has 4 unspecified atom stereocenters. The van der Waals surface area contributed by atoms with Crippen molar-refractivity contribution in [2.45, 2.75) is 40.2 Å². The molecule has 0 aliphatic heterocycles. The first-order valence-corrected chi connectivity index (χ1v) is 7.43. The van der Waals surface area contributed by atoms with Gasteiger partial charge in [0.25, 0.3) is 0 Å². The second kappa shape index (κ2) is 6.31. The van der Waals surface area contributed by atoms with Crippen molar-refractivity contribution in [3.05, 3.63) is 42.0 Å². The van der Waals surface area contributed by atoms with Crippen LogP contribution in [0.4, 0.5) is 0 Å². The largest absolute Gasteiger partial charge is 0.389 e. The lowest BCUT2D eigenvalue weighted by atomic mass is 9.78. The summed E-state index contributed by atoms with van der Waals surface area (Å²) in [5, 5.41) is 9.48. The zero-order valence-electron chi connectivity index (χ0n) is 12.7. The molecule has 0 aromatic carbocycles. The number of aliphatic hydroxyl groups is 1. The molecule has 0 amide bonds. The molecule has 3 heteroatoms. The third-order valence-corrected chi connectivity index (χ3v) is 4.26. The summed E-state index contributed by atoms with van der Waals surface area (Å²) in [6.07, 6.45) is 10.8. The van der Waals surface area contributed by atoms with Gasteiger partial charge in [-0.25, -0.2) is 9.97 Å². The van der Waals surface area contributed by atoms with Crippen LogP contribution in [0.2, 0.25) is 0 Å². The molecule has 4 atom stereocenters. The minimum Gasteiger partial charge on any atom is -0.389 e. The maximum Gasteiger partial charge on any atom is 0.158 e. The van der Waals surface area contributed by atoms with Crippen LogP contribution < -0.4 is 0 Å². The van der Waals surface area contributed by atoms with Crippen molar-refractivity contribution >= 4 is 5.57 Å². The summed E-state index contributed by atoms with van der Waals surface area (Å²) in [7, 11) is 0. The lowest BCUT2D eigenvalue weighted by molar-refractivity contribution is 0.198. The van der Waals surface area contributed by atoms with E-state index in [0.29, 0.717) is 17.8 Å². The van der Waals surface area contributed by atoms with Gasteiger partial charge < -0.3 is 5.11 Å².